The Morgan fingerprint density at radius 1 is 1.14 bits per heavy atom. The summed E-state index contributed by atoms with van der Waals surface area (Å²) in [4.78, 5) is 11.6. The van der Waals surface area contributed by atoms with Crippen molar-refractivity contribution in [2.45, 2.75) is 0 Å². The van der Waals surface area contributed by atoms with Crippen LogP contribution in [0.1, 0.15) is 0 Å². The van der Waals surface area contributed by atoms with Crippen molar-refractivity contribution >= 4 is 27.0 Å². The van der Waals surface area contributed by atoms with Crippen molar-refractivity contribution in [1.82, 2.24) is 20.1 Å². The number of H-pyrrole nitrogens is 1. The molecule has 0 saturated heterocycles. The summed E-state index contributed by atoms with van der Waals surface area (Å²) in [7, 11) is 0. The lowest BCUT2D eigenvalue weighted by Crippen LogP contribution is -1.84. The highest BCUT2D eigenvalue weighted by Gasteiger charge is 2.14. The van der Waals surface area contributed by atoms with Crippen LogP contribution in [0.25, 0.3) is 33.9 Å². The largest absolute Gasteiger partial charge is 0.345 e. The van der Waals surface area contributed by atoms with E-state index < -0.39 is 0 Å². The molecule has 22 heavy (non-hydrogen) atoms. The molecule has 0 bridgehead atoms. The molecule has 0 unspecified atom stereocenters. The second-order valence-corrected chi connectivity index (χ2v) is 5.54. The van der Waals surface area contributed by atoms with Gasteiger partial charge in [-0.3, -0.25) is 0 Å². The molecule has 0 atom stereocenters. The summed E-state index contributed by atoms with van der Waals surface area (Å²) in [5.41, 5.74) is 3.22. The summed E-state index contributed by atoms with van der Waals surface area (Å²) in [5, 5.41) is 3.98. The number of fused-ring (bicyclic) bond motifs is 1. The van der Waals surface area contributed by atoms with Gasteiger partial charge in [-0.25, -0.2) is 9.37 Å². The molecule has 0 radical (unpaired) electrons. The van der Waals surface area contributed by atoms with E-state index >= 15 is 0 Å². The Balaban J connectivity index is 1.77. The van der Waals surface area contributed by atoms with Crippen LogP contribution in [0.5, 0.6) is 0 Å². The van der Waals surface area contributed by atoms with Crippen molar-refractivity contribution < 1.29 is 8.91 Å². The maximum atomic E-state index is 13.1. The van der Waals surface area contributed by atoms with E-state index in [1.54, 1.807) is 12.4 Å². The quantitative estimate of drug-likeness (QED) is 0.583. The zero-order chi connectivity index (χ0) is 15.1. The summed E-state index contributed by atoms with van der Waals surface area (Å²) in [5.74, 6) is 0.453. The van der Waals surface area contributed by atoms with Crippen molar-refractivity contribution in [3.8, 4) is 22.8 Å². The third-order valence-electron chi connectivity index (χ3n) is 3.27. The fourth-order valence-electron chi connectivity index (χ4n) is 2.19. The molecular weight excluding hydrogens is 351 g/mol. The summed E-state index contributed by atoms with van der Waals surface area (Å²) >= 11 is 3.30. The van der Waals surface area contributed by atoms with Crippen LogP contribution < -0.4 is 0 Å². The first-order valence-corrected chi connectivity index (χ1v) is 7.23. The van der Waals surface area contributed by atoms with Gasteiger partial charge in [0.05, 0.1) is 22.9 Å². The number of halogens is 2. The SMILES string of the molecule is Fc1ccc(-c2nc(-c3ccc4nc[nH]c4c3)no2)c(Br)c1. The fraction of sp³-hybridized carbons (Fsp3) is 0. The molecule has 2 heterocycles. The molecule has 0 aliphatic carbocycles. The highest BCUT2D eigenvalue weighted by Crippen LogP contribution is 2.29. The number of benzene rings is 2. The Morgan fingerprint density at radius 2 is 2.05 bits per heavy atom. The second kappa shape index (κ2) is 5.03. The number of aromatic amines is 1. The van der Waals surface area contributed by atoms with Crippen LogP contribution in [0.2, 0.25) is 0 Å². The number of nitrogens with one attached hydrogen (secondary N) is 1. The van der Waals surface area contributed by atoms with E-state index in [9.17, 15) is 4.39 Å². The predicted octanol–water partition coefficient (Wildman–Crippen LogP) is 4.18. The van der Waals surface area contributed by atoms with Crippen LogP contribution in [0.3, 0.4) is 0 Å². The number of aromatic nitrogens is 4. The van der Waals surface area contributed by atoms with Gasteiger partial charge in [0.1, 0.15) is 5.82 Å². The van der Waals surface area contributed by atoms with Crippen LogP contribution in [0, 0.1) is 5.82 Å². The van der Waals surface area contributed by atoms with Crippen LogP contribution in [0.15, 0.2) is 51.7 Å². The topological polar surface area (TPSA) is 67.6 Å². The molecule has 0 saturated carbocycles. The van der Waals surface area contributed by atoms with E-state index in [0.717, 1.165) is 16.6 Å². The first kappa shape index (κ1) is 13.1. The van der Waals surface area contributed by atoms with Crippen LogP contribution in [0.4, 0.5) is 4.39 Å². The minimum atomic E-state index is -0.333. The standard InChI is InChI=1S/C15H8BrFN4O/c16-11-6-9(17)2-3-10(11)15-20-14(21-22-15)8-1-4-12-13(5-8)19-7-18-12/h1-7H,(H,18,19). The predicted molar refractivity (Wildman–Crippen MR) is 82.5 cm³/mol. The summed E-state index contributed by atoms with van der Waals surface area (Å²) < 4.78 is 19.0. The first-order chi connectivity index (χ1) is 10.7. The number of hydrogen-bond acceptors (Lipinski definition) is 4. The lowest BCUT2D eigenvalue weighted by atomic mass is 10.2. The third-order valence-corrected chi connectivity index (χ3v) is 3.92. The Hall–Kier alpha value is -2.54. The van der Waals surface area contributed by atoms with Gasteiger partial charge < -0.3 is 9.51 Å². The molecule has 4 rings (SSSR count). The zero-order valence-corrected chi connectivity index (χ0v) is 12.6. The van der Waals surface area contributed by atoms with E-state index in [0.29, 0.717) is 21.8 Å². The molecule has 1 N–H and O–H groups in total. The molecular formula is C15H8BrFN4O. The maximum Gasteiger partial charge on any atom is 0.259 e. The lowest BCUT2D eigenvalue weighted by Gasteiger charge is -1.98. The number of nitrogens with zero attached hydrogens (tertiary/aromatic N) is 3. The molecule has 4 aromatic rings. The zero-order valence-electron chi connectivity index (χ0n) is 11.0. The van der Waals surface area contributed by atoms with E-state index in [1.165, 1.54) is 12.1 Å². The average molecular weight is 359 g/mol. The Bertz CT molecular complexity index is 979. The molecule has 5 nitrogen and oxygen atoms in total. The maximum absolute atomic E-state index is 13.1. The van der Waals surface area contributed by atoms with Gasteiger partial charge in [0, 0.05) is 10.0 Å². The van der Waals surface area contributed by atoms with Crippen molar-refractivity contribution in [2.75, 3.05) is 0 Å². The van der Waals surface area contributed by atoms with Gasteiger partial charge in [0.25, 0.3) is 5.89 Å². The Kier molecular flexibility index (Phi) is 3.00. The first-order valence-electron chi connectivity index (χ1n) is 6.43. The van der Waals surface area contributed by atoms with Crippen molar-refractivity contribution in [3.05, 3.63) is 53.0 Å². The molecule has 7 heteroatoms. The highest BCUT2D eigenvalue weighted by molar-refractivity contribution is 9.10. The van der Waals surface area contributed by atoms with Crippen LogP contribution >= 0.6 is 15.9 Å². The Labute approximate surface area is 132 Å². The van der Waals surface area contributed by atoms with Gasteiger partial charge in [0.15, 0.2) is 0 Å². The highest BCUT2D eigenvalue weighted by atomic mass is 79.9. The van der Waals surface area contributed by atoms with Crippen molar-refractivity contribution in [3.63, 3.8) is 0 Å². The lowest BCUT2D eigenvalue weighted by molar-refractivity contribution is 0.432. The molecule has 108 valence electrons. The molecule has 2 aromatic carbocycles. The molecule has 0 amide bonds. The van der Waals surface area contributed by atoms with Gasteiger partial charge in [-0.1, -0.05) is 5.16 Å². The van der Waals surface area contributed by atoms with Gasteiger partial charge in [-0.2, -0.15) is 4.98 Å². The van der Waals surface area contributed by atoms with Crippen molar-refractivity contribution in [2.24, 2.45) is 0 Å². The third kappa shape index (κ3) is 2.19. The average Bonchev–Trinajstić information content (AvgIpc) is 3.15. The molecule has 0 aliphatic rings. The molecule has 0 fully saturated rings. The van der Waals surface area contributed by atoms with Gasteiger partial charge in [-0.15, -0.1) is 0 Å². The minimum Gasteiger partial charge on any atom is -0.345 e. The van der Waals surface area contributed by atoms with Gasteiger partial charge in [-0.05, 0) is 52.3 Å². The Morgan fingerprint density at radius 3 is 2.91 bits per heavy atom. The van der Waals surface area contributed by atoms with Crippen LogP contribution in [-0.4, -0.2) is 20.1 Å². The number of hydrogen-bond donors (Lipinski definition) is 1. The van der Waals surface area contributed by atoms with E-state index in [4.69, 9.17) is 4.52 Å². The van der Waals surface area contributed by atoms with Gasteiger partial charge in [0.2, 0.25) is 5.82 Å². The summed E-state index contributed by atoms with van der Waals surface area (Å²) in [6, 6.07) is 9.95. The monoisotopic (exact) mass is 358 g/mol. The number of imidazole rings is 1. The minimum absolute atomic E-state index is 0.326. The van der Waals surface area contributed by atoms with Crippen molar-refractivity contribution in [1.29, 1.82) is 0 Å². The normalized spacial score (nSPS) is 11.2. The fourth-order valence-corrected chi connectivity index (χ4v) is 2.71. The van der Waals surface area contributed by atoms with E-state index in [1.807, 2.05) is 18.2 Å². The van der Waals surface area contributed by atoms with E-state index in [-0.39, 0.29) is 5.82 Å². The molecule has 0 aliphatic heterocycles. The smallest absolute Gasteiger partial charge is 0.259 e. The molecule has 2 aromatic heterocycles. The van der Waals surface area contributed by atoms with E-state index in [2.05, 4.69) is 36.0 Å². The molecule has 0 spiro atoms. The summed E-state index contributed by atoms with van der Waals surface area (Å²) in [6.07, 6.45) is 1.63. The summed E-state index contributed by atoms with van der Waals surface area (Å²) in [6.45, 7) is 0. The van der Waals surface area contributed by atoms with Crippen LogP contribution in [-0.2, 0) is 0 Å². The second-order valence-electron chi connectivity index (χ2n) is 4.68. The van der Waals surface area contributed by atoms with Gasteiger partial charge >= 0.3 is 0 Å². The number of rotatable bonds is 2.